The van der Waals surface area contributed by atoms with E-state index in [1.807, 2.05) is 0 Å². The Morgan fingerprint density at radius 1 is 1.05 bits per heavy atom. The molecule has 1 heterocycles. The predicted octanol–water partition coefficient (Wildman–Crippen LogP) is 1.97. The molecule has 1 amide bonds. The number of methoxy groups -OCH3 is 1. The van der Waals surface area contributed by atoms with Crippen molar-refractivity contribution in [2.45, 2.75) is 6.92 Å². The van der Waals surface area contributed by atoms with E-state index in [9.17, 15) is 9.59 Å². The number of carbonyl (C=O) groups excluding carboxylic acids is 2. The molecule has 0 atom stereocenters. The molecule has 0 fully saturated rings. The average Bonchev–Trinajstić information content (AvgIpc) is 2.49. The van der Waals surface area contributed by atoms with Crippen LogP contribution < -0.4 is 10.6 Å². The summed E-state index contributed by atoms with van der Waals surface area (Å²) in [6, 6.07) is 7.11. The highest BCUT2D eigenvalue weighted by Crippen LogP contribution is 2.17. The fraction of sp³-hybridized carbons (Fsp3) is 0.143. The number of carbonyl (C=O) groups is 2. The number of hydrogen-bond acceptors (Lipinski definition) is 6. The Kier molecular flexibility index (Phi) is 4.45. The Balaban J connectivity index is 2.04. The zero-order chi connectivity index (χ0) is 15.2. The largest absolute Gasteiger partial charge is 0.464 e. The summed E-state index contributed by atoms with van der Waals surface area (Å²) in [4.78, 5) is 30.2. The van der Waals surface area contributed by atoms with Gasteiger partial charge in [0, 0.05) is 18.3 Å². The van der Waals surface area contributed by atoms with Crippen LogP contribution in [0.15, 0.2) is 36.7 Å². The zero-order valence-corrected chi connectivity index (χ0v) is 11.6. The van der Waals surface area contributed by atoms with Crippen LogP contribution in [0.5, 0.6) is 0 Å². The van der Waals surface area contributed by atoms with Gasteiger partial charge in [0.2, 0.25) is 5.91 Å². The maximum Gasteiger partial charge on any atom is 0.358 e. The van der Waals surface area contributed by atoms with Gasteiger partial charge in [-0.2, -0.15) is 0 Å². The third-order valence-corrected chi connectivity index (χ3v) is 2.52. The monoisotopic (exact) mass is 286 g/mol. The Bertz CT molecular complexity index is 638. The molecule has 7 nitrogen and oxygen atoms in total. The molecule has 0 aliphatic carbocycles. The van der Waals surface area contributed by atoms with Crippen LogP contribution in [0.3, 0.4) is 0 Å². The highest BCUT2D eigenvalue weighted by atomic mass is 16.5. The molecule has 108 valence electrons. The van der Waals surface area contributed by atoms with Crippen LogP contribution in [0.2, 0.25) is 0 Å². The number of amides is 1. The minimum atomic E-state index is -0.534. The van der Waals surface area contributed by atoms with Crippen molar-refractivity contribution < 1.29 is 14.3 Å². The van der Waals surface area contributed by atoms with Gasteiger partial charge in [0.05, 0.1) is 19.5 Å². The van der Waals surface area contributed by atoms with Gasteiger partial charge in [-0.1, -0.05) is 0 Å². The van der Waals surface area contributed by atoms with E-state index in [0.717, 1.165) is 5.69 Å². The summed E-state index contributed by atoms with van der Waals surface area (Å²) >= 11 is 0. The molecule has 0 radical (unpaired) electrons. The molecule has 0 saturated carbocycles. The van der Waals surface area contributed by atoms with Crippen LogP contribution in [0.25, 0.3) is 0 Å². The molecule has 0 aliphatic rings. The van der Waals surface area contributed by atoms with Gasteiger partial charge in [0.15, 0.2) is 5.69 Å². The van der Waals surface area contributed by atoms with E-state index in [0.29, 0.717) is 11.5 Å². The van der Waals surface area contributed by atoms with Crippen molar-refractivity contribution in [1.29, 1.82) is 0 Å². The molecule has 0 aliphatic heterocycles. The third kappa shape index (κ3) is 4.00. The van der Waals surface area contributed by atoms with Gasteiger partial charge in [-0.05, 0) is 24.3 Å². The molecule has 0 spiro atoms. The number of nitrogens with one attached hydrogen (secondary N) is 2. The normalized spacial score (nSPS) is 9.81. The number of aromatic nitrogens is 2. The van der Waals surface area contributed by atoms with E-state index in [1.54, 1.807) is 24.3 Å². The molecule has 2 aromatic rings. The number of rotatable bonds is 4. The number of esters is 1. The summed E-state index contributed by atoms with van der Waals surface area (Å²) in [5, 5.41) is 5.71. The molecule has 0 unspecified atom stereocenters. The lowest BCUT2D eigenvalue weighted by Crippen LogP contribution is -2.06. The Morgan fingerprint density at radius 3 is 2.24 bits per heavy atom. The van der Waals surface area contributed by atoms with Crippen LogP contribution in [0, 0.1) is 0 Å². The van der Waals surface area contributed by atoms with E-state index < -0.39 is 5.97 Å². The van der Waals surface area contributed by atoms with Crippen molar-refractivity contribution in [3.05, 3.63) is 42.4 Å². The summed E-state index contributed by atoms with van der Waals surface area (Å²) in [5.41, 5.74) is 1.63. The van der Waals surface area contributed by atoms with Crippen molar-refractivity contribution in [1.82, 2.24) is 9.97 Å². The summed E-state index contributed by atoms with van der Waals surface area (Å²) in [7, 11) is 1.28. The SMILES string of the molecule is COC(=O)c1cnc(Nc2ccc(NC(C)=O)cc2)cn1. The predicted molar refractivity (Wildman–Crippen MR) is 77.4 cm³/mol. The van der Waals surface area contributed by atoms with E-state index in [1.165, 1.54) is 26.4 Å². The molecule has 2 N–H and O–H groups in total. The van der Waals surface area contributed by atoms with Crippen molar-refractivity contribution in [2.75, 3.05) is 17.7 Å². The van der Waals surface area contributed by atoms with Gasteiger partial charge >= 0.3 is 5.97 Å². The van der Waals surface area contributed by atoms with Gasteiger partial charge < -0.3 is 15.4 Å². The average molecular weight is 286 g/mol. The van der Waals surface area contributed by atoms with Gasteiger partial charge in [-0.15, -0.1) is 0 Å². The Labute approximate surface area is 121 Å². The second-order valence-corrected chi connectivity index (χ2v) is 4.16. The molecule has 1 aromatic carbocycles. The lowest BCUT2D eigenvalue weighted by molar-refractivity contribution is -0.114. The first kappa shape index (κ1) is 14.4. The summed E-state index contributed by atoms with van der Waals surface area (Å²) in [5.74, 6) is -0.163. The van der Waals surface area contributed by atoms with Gasteiger partial charge in [0.25, 0.3) is 0 Å². The minimum Gasteiger partial charge on any atom is -0.464 e. The summed E-state index contributed by atoms with van der Waals surface area (Å²) in [6.45, 7) is 1.45. The van der Waals surface area contributed by atoms with Crippen LogP contribution in [0.1, 0.15) is 17.4 Å². The summed E-state index contributed by atoms with van der Waals surface area (Å²) < 4.78 is 4.54. The quantitative estimate of drug-likeness (QED) is 0.835. The Morgan fingerprint density at radius 2 is 1.71 bits per heavy atom. The third-order valence-electron chi connectivity index (χ3n) is 2.52. The molecule has 0 bridgehead atoms. The number of nitrogens with zero attached hydrogens (tertiary/aromatic N) is 2. The Hall–Kier alpha value is -2.96. The molecule has 21 heavy (non-hydrogen) atoms. The van der Waals surface area contributed by atoms with Crippen molar-refractivity contribution in [3.63, 3.8) is 0 Å². The maximum atomic E-state index is 11.2. The van der Waals surface area contributed by atoms with E-state index in [4.69, 9.17) is 0 Å². The van der Waals surface area contributed by atoms with Gasteiger partial charge in [-0.3, -0.25) is 4.79 Å². The van der Waals surface area contributed by atoms with E-state index in [-0.39, 0.29) is 11.6 Å². The first-order chi connectivity index (χ1) is 10.1. The second kappa shape index (κ2) is 6.47. The van der Waals surface area contributed by atoms with E-state index >= 15 is 0 Å². The van der Waals surface area contributed by atoms with Crippen LogP contribution in [-0.4, -0.2) is 29.0 Å². The fourth-order valence-electron chi connectivity index (χ4n) is 1.59. The first-order valence-corrected chi connectivity index (χ1v) is 6.13. The summed E-state index contributed by atoms with van der Waals surface area (Å²) in [6.07, 6.45) is 2.77. The lowest BCUT2D eigenvalue weighted by atomic mass is 10.3. The fourth-order valence-corrected chi connectivity index (χ4v) is 1.59. The van der Waals surface area contributed by atoms with Crippen LogP contribution in [-0.2, 0) is 9.53 Å². The zero-order valence-electron chi connectivity index (χ0n) is 11.6. The van der Waals surface area contributed by atoms with Crippen molar-refractivity contribution in [2.24, 2.45) is 0 Å². The highest BCUT2D eigenvalue weighted by Gasteiger charge is 2.07. The topological polar surface area (TPSA) is 93.2 Å². The number of anilines is 3. The molecule has 2 rings (SSSR count). The molecule has 0 saturated heterocycles. The highest BCUT2D eigenvalue weighted by molar-refractivity contribution is 5.89. The minimum absolute atomic E-state index is 0.125. The molecule has 1 aromatic heterocycles. The van der Waals surface area contributed by atoms with Crippen LogP contribution >= 0.6 is 0 Å². The van der Waals surface area contributed by atoms with Crippen molar-refractivity contribution >= 4 is 29.1 Å². The molecular formula is C14H14N4O3. The first-order valence-electron chi connectivity index (χ1n) is 6.13. The number of hydrogen-bond donors (Lipinski definition) is 2. The van der Waals surface area contributed by atoms with Gasteiger partial charge in [-0.25, -0.2) is 14.8 Å². The number of ether oxygens (including phenoxy) is 1. The van der Waals surface area contributed by atoms with Crippen LogP contribution in [0.4, 0.5) is 17.2 Å². The standard InChI is InChI=1S/C14H14N4O3/c1-9(19)17-10-3-5-11(6-4-10)18-13-8-15-12(7-16-13)14(20)21-2/h3-8H,1-2H3,(H,16,18)(H,17,19). The number of benzene rings is 1. The molecular weight excluding hydrogens is 272 g/mol. The smallest absolute Gasteiger partial charge is 0.358 e. The molecule has 7 heteroatoms. The van der Waals surface area contributed by atoms with Crippen molar-refractivity contribution in [3.8, 4) is 0 Å². The lowest BCUT2D eigenvalue weighted by Gasteiger charge is -2.07. The van der Waals surface area contributed by atoms with Gasteiger partial charge in [0.1, 0.15) is 5.82 Å². The maximum absolute atomic E-state index is 11.2. The van der Waals surface area contributed by atoms with E-state index in [2.05, 4.69) is 25.3 Å². The second-order valence-electron chi connectivity index (χ2n) is 4.16.